The molecule has 0 unspecified atom stereocenters. The van der Waals surface area contributed by atoms with Gasteiger partial charge in [-0.3, -0.25) is 0 Å². The zero-order valence-corrected chi connectivity index (χ0v) is 19.0. The highest BCUT2D eigenvalue weighted by Gasteiger charge is 2.17. The van der Waals surface area contributed by atoms with Gasteiger partial charge in [0.2, 0.25) is 5.95 Å². The van der Waals surface area contributed by atoms with Gasteiger partial charge in [0.15, 0.2) is 5.82 Å². The van der Waals surface area contributed by atoms with Crippen LogP contribution in [0.25, 0.3) is 22.3 Å². The Hall–Kier alpha value is -3.72. The van der Waals surface area contributed by atoms with E-state index in [1.165, 1.54) is 0 Å². The molecule has 1 fully saturated rings. The third-order valence-electron chi connectivity index (χ3n) is 5.78. The van der Waals surface area contributed by atoms with E-state index < -0.39 is 0 Å². The summed E-state index contributed by atoms with van der Waals surface area (Å²) >= 11 is 0. The number of methoxy groups -OCH3 is 1. The molecule has 0 radical (unpaired) electrons. The van der Waals surface area contributed by atoms with Crippen molar-refractivity contribution in [1.82, 2.24) is 24.5 Å². The lowest BCUT2D eigenvalue weighted by atomic mass is 10.1. The highest BCUT2D eigenvalue weighted by atomic mass is 16.5. The summed E-state index contributed by atoms with van der Waals surface area (Å²) in [4.78, 5) is 18.4. The minimum Gasteiger partial charge on any atom is -0.495 e. The van der Waals surface area contributed by atoms with Gasteiger partial charge < -0.3 is 24.7 Å². The molecule has 9 nitrogen and oxygen atoms in total. The van der Waals surface area contributed by atoms with E-state index in [-0.39, 0.29) is 0 Å². The summed E-state index contributed by atoms with van der Waals surface area (Å²) in [6.07, 6.45) is 7.42. The van der Waals surface area contributed by atoms with Crippen molar-refractivity contribution in [2.45, 2.75) is 25.8 Å². The number of imidazole rings is 1. The lowest BCUT2D eigenvalue weighted by Crippen LogP contribution is -2.28. The highest BCUT2D eigenvalue weighted by molar-refractivity contribution is 5.89. The second kappa shape index (κ2) is 9.03. The van der Waals surface area contributed by atoms with Crippen LogP contribution in [0, 0.1) is 6.92 Å². The second-order valence-electron chi connectivity index (χ2n) is 8.18. The fraction of sp³-hybridized carbons (Fsp3) is 0.333. The van der Waals surface area contributed by atoms with Crippen LogP contribution in [-0.4, -0.2) is 50.9 Å². The fourth-order valence-corrected chi connectivity index (χ4v) is 4.07. The van der Waals surface area contributed by atoms with Gasteiger partial charge in [0.1, 0.15) is 17.1 Å². The van der Waals surface area contributed by atoms with Crippen molar-refractivity contribution in [2.75, 3.05) is 31.0 Å². The van der Waals surface area contributed by atoms with E-state index in [2.05, 4.69) is 20.6 Å². The molecular weight excluding hydrogens is 418 g/mol. The predicted molar refractivity (Wildman–Crippen MR) is 128 cm³/mol. The molecule has 9 heteroatoms. The minimum atomic E-state index is 0.321. The highest BCUT2D eigenvalue weighted by Crippen LogP contribution is 2.32. The van der Waals surface area contributed by atoms with E-state index in [0.717, 1.165) is 65.5 Å². The molecule has 1 aliphatic rings. The summed E-state index contributed by atoms with van der Waals surface area (Å²) in [6, 6.07) is 8.22. The first-order valence-electron chi connectivity index (χ1n) is 11.0. The predicted octanol–water partition coefficient (Wildman–Crippen LogP) is 4.08. The number of nitrogens with zero attached hydrogens (tertiary/aromatic N) is 5. The molecule has 0 bridgehead atoms. The Morgan fingerprint density at radius 3 is 2.73 bits per heavy atom. The van der Waals surface area contributed by atoms with Crippen LogP contribution in [0.5, 0.6) is 5.75 Å². The molecule has 4 aromatic rings. The smallest absolute Gasteiger partial charge is 0.227 e. The van der Waals surface area contributed by atoms with Crippen LogP contribution < -0.4 is 15.4 Å². The van der Waals surface area contributed by atoms with Crippen LogP contribution in [0.4, 0.5) is 17.5 Å². The Morgan fingerprint density at radius 1 is 1.12 bits per heavy atom. The lowest BCUT2D eigenvalue weighted by molar-refractivity contribution is 0.0904. The number of pyridine rings is 1. The van der Waals surface area contributed by atoms with E-state index in [0.29, 0.717) is 17.7 Å². The van der Waals surface area contributed by atoms with Gasteiger partial charge in [0, 0.05) is 61.5 Å². The first-order valence-corrected chi connectivity index (χ1v) is 11.0. The van der Waals surface area contributed by atoms with Crippen LogP contribution in [0.15, 0.2) is 42.9 Å². The van der Waals surface area contributed by atoms with Gasteiger partial charge in [-0.25, -0.2) is 19.9 Å². The SMILES string of the molecule is COc1cc(-c2nccn2C)ccc1Nc1ncc2cc(C)nc(NC3CCOCC3)c2n1. The third kappa shape index (κ3) is 4.45. The zero-order chi connectivity index (χ0) is 22.8. The molecule has 5 rings (SSSR count). The van der Waals surface area contributed by atoms with Crippen molar-refractivity contribution in [2.24, 2.45) is 7.05 Å². The average Bonchev–Trinajstić information content (AvgIpc) is 3.26. The van der Waals surface area contributed by atoms with Gasteiger partial charge in [-0.2, -0.15) is 0 Å². The van der Waals surface area contributed by atoms with Crippen molar-refractivity contribution in [3.05, 3.63) is 48.5 Å². The normalized spacial score (nSPS) is 14.4. The molecule has 0 amide bonds. The van der Waals surface area contributed by atoms with Crippen LogP contribution in [0.2, 0.25) is 0 Å². The summed E-state index contributed by atoms with van der Waals surface area (Å²) in [6.45, 7) is 3.50. The molecule has 4 heterocycles. The molecule has 3 aromatic heterocycles. The van der Waals surface area contributed by atoms with E-state index in [9.17, 15) is 0 Å². The summed E-state index contributed by atoms with van der Waals surface area (Å²) < 4.78 is 13.1. The third-order valence-corrected chi connectivity index (χ3v) is 5.78. The number of hydrogen-bond acceptors (Lipinski definition) is 8. The number of aryl methyl sites for hydroxylation is 2. The average molecular weight is 446 g/mol. The number of ether oxygens (including phenoxy) is 2. The van der Waals surface area contributed by atoms with Crippen molar-refractivity contribution in [3.8, 4) is 17.1 Å². The van der Waals surface area contributed by atoms with Crippen LogP contribution in [0.3, 0.4) is 0 Å². The van der Waals surface area contributed by atoms with E-state index in [4.69, 9.17) is 19.4 Å². The zero-order valence-electron chi connectivity index (χ0n) is 19.0. The molecule has 0 saturated carbocycles. The minimum absolute atomic E-state index is 0.321. The largest absolute Gasteiger partial charge is 0.495 e. The van der Waals surface area contributed by atoms with Gasteiger partial charge in [-0.05, 0) is 44.0 Å². The summed E-state index contributed by atoms with van der Waals surface area (Å²) in [5, 5.41) is 7.81. The maximum absolute atomic E-state index is 5.63. The Morgan fingerprint density at radius 2 is 1.97 bits per heavy atom. The molecule has 170 valence electrons. The number of aromatic nitrogens is 5. The molecule has 1 aliphatic heterocycles. The van der Waals surface area contributed by atoms with Gasteiger partial charge in [0.05, 0.1) is 12.8 Å². The second-order valence-corrected chi connectivity index (χ2v) is 8.18. The first-order chi connectivity index (χ1) is 16.1. The Kier molecular flexibility index (Phi) is 5.78. The monoisotopic (exact) mass is 445 g/mol. The van der Waals surface area contributed by atoms with E-state index in [1.807, 2.05) is 55.2 Å². The lowest BCUT2D eigenvalue weighted by Gasteiger charge is -2.24. The number of rotatable bonds is 6. The van der Waals surface area contributed by atoms with E-state index >= 15 is 0 Å². The van der Waals surface area contributed by atoms with Gasteiger partial charge >= 0.3 is 0 Å². The van der Waals surface area contributed by atoms with Gasteiger partial charge in [-0.1, -0.05) is 0 Å². The van der Waals surface area contributed by atoms with Crippen molar-refractivity contribution < 1.29 is 9.47 Å². The number of fused-ring (bicyclic) bond motifs is 1. The van der Waals surface area contributed by atoms with Crippen LogP contribution >= 0.6 is 0 Å². The topological polar surface area (TPSA) is 99.0 Å². The number of nitrogens with one attached hydrogen (secondary N) is 2. The molecule has 0 aliphatic carbocycles. The summed E-state index contributed by atoms with van der Waals surface area (Å²) in [5.41, 5.74) is 3.45. The van der Waals surface area contributed by atoms with E-state index in [1.54, 1.807) is 13.3 Å². The first kappa shape index (κ1) is 21.1. The molecule has 33 heavy (non-hydrogen) atoms. The fourth-order valence-electron chi connectivity index (χ4n) is 4.07. The molecule has 0 atom stereocenters. The molecule has 1 aromatic carbocycles. The Bertz CT molecular complexity index is 1280. The molecule has 0 spiro atoms. The number of benzene rings is 1. The molecule has 2 N–H and O–H groups in total. The van der Waals surface area contributed by atoms with Crippen molar-refractivity contribution in [3.63, 3.8) is 0 Å². The molecular formula is C24H27N7O2. The van der Waals surface area contributed by atoms with Crippen molar-refractivity contribution in [1.29, 1.82) is 0 Å². The van der Waals surface area contributed by atoms with Gasteiger partial charge in [-0.15, -0.1) is 0 Å². The standard InChI is InChI=1S/C24H27N7O2/c1-15-12-17-14-26-24(30-21(17)22(27-15)28-18-6-10-33-11-7-18)29-19-5-4-16(13-20(19)32-3)23-25-8-9-31(23)2/h4-5,8-9,12-14,18H,6-7,10-11H2,1-3H3,(H,27,28)(H,26,29,30). The quantitative estimate of drug-likeness (QED) is 0.458. The Labute approximate surface area is 192 Å². The van der Waals surface area contributed by atoms with Crippen molar-refractivity contribution >= 4 is 28.4 Å². The summed E-state index contributed by atoms with van der Waals surface area (Å²) in [7, 11) is 3.61. The maximum atomic E-state index is 5.63. The van der Waals surface area contributed by atoms with Crippen LogP contribution in [-0.2, 0) is 11.8 Å². The Balaban J connectivity index is 1.46. The van der Waals surface area contributed by atoms with Crippen LogP contribution in [0.1, 0.15) is 18.5 Å². The van der Waals surface area contributed by atoms with Gasteiger partial charge in [0.25, 0.3) is 0 Å². The summed E-state index contributed by atoms with van der Waals surface area (Å²) in [5.74, 6) is 2.81. The number of anilines is 3. The number of hydrogen-bond donors (Lipinski definition) is 2. The maximum Gasteiger partial charge on any atom is 0.227 e. The molecule has 1 saturated heterocycles.